The van der Waals surface area contributed by atoms with E-state index in [1.54, 1.807) is 11.9 Å². The van der Waals surface area contributed by atoms with Gasteiger partial charge in [0.25, 0.3) is 0 Å². The van der Waals surface area contributed by atoms with E-state index in [-0.39, 0.29) is 11.9 Å². The predicted octanol–water partition coefficient (Wildman–Crippen LogP) is -0.422. The normalized spacial score (nSPS) is 31.9. The third-order valence-electron chi connectivity index (χ3n) is 3.20. The number of hydrogen-bond donors (Lipinski definition) is 2. The van der Waals surface area contributed by atoms with Crippen molar-refractivity contribution in [2.24, 2.45) is 5.92 Å². The van der Waals surface area contributed by atoms with Crippen LogP contribution in [0.25, 0.3) is 0 Å². The van der Waals surface area contributed by atoms with E-state index in [4.69, 9.17) is 0 Å². The molecule has 1 aliphatic carbocycles. The predicted molar refractivity (Wildman–Crippen MR) is 52.8 cm³/mol. The summed E-state index contributed by atoms with van der Waals surface area (Å²) < 4.78 is 0. The first-order valence-electron chi connectivity index (χ1n) is 5.33. The van der Waals surface area contributed by atoms with Crippen LogP contribution in [0.15, 0.2) is 0 Å². The number of rotatable bonds is 3. The number of aliphatic hydroxyl groups is 1. The lowest BCUT2D eigenvalue weighted by molar-refractivity contribution is -0.133. The van der Waals surface area contributed by atoms with Crippen LogP contribution in [0, 0.1) is 5.92 Å². The fourth-order valence-corrected chi connectivity index (χ4v) is 1.94. The number of nitrogens with one attached hydrogen (secondary N) is 1. The SMILES string of the molecule is CN(C(=O)CC1CC1)[C@H]1CNC[C@@H]1O. The number of hydrogen-bond acceptors (Lipinski definition) is 3. The molecule has 14 heavy (non-hydrogen) atoms. The standard InChI is InChI=1S/C10H18N2O2/c1-12(8-5-11-6-9(8)13)10(14)4-7-2-3-7/h7-9,11,13H,2-6H2,1H3/t8-,9-/m0/s1. The maximum absolute atomic E-state index is 11.7. The molecule has 2 fully saturated rings. The molecular weight excluding hydrogens is 180 g/mol. The molecule has 0 bridgehead atoms. The summed E-state index contributed by atoms with van der Waals surface area (Å²) in [6, 6.07) is -0.0266. The molecule has 1 heterocycles. The molecule has 2 rings (SSSR count). The Morgan fingerprint density at radius 3 is 2.71 bits per heavy atom. The van der Waals surface area contributed by atoms with Crippen molar-refractivity contribution in [1.82, 2.24) is 10.2 Å². The largest absolute Gasteiger partial charge is 0.390 e. The minimum absolute atomic E-state index is 0.0266. The van der Waals surface area contributed by atoms with Crippen molar-refractivity contribution in [3.63, 3.8) is 0 Å². The van der Waals surface area contributed by atoms with E-state index in [1.165, 1.54) is 12.8 Å². The number of amides is 1. The first-order chi connectivity index (χ1) is 6.68. The van der Waals surface area contributed by atoms with Gasteiger partial charge in [0.05, 0.1) is 12.1 Å². The van der Waals surface area contributed by atoms with Gasteiger partial charge in [-0.25, -0.2) is 0 Å². The maximum atomic E-state index is 11.7. The van der Waals surface area contributed by atoms with E-state index in [9.17, 15) is 9.90 Å². The van der Waals surface area contributed by atoms with Crippen LogP contribution in [0.3, 0.4) is 0 Å². The van der Waals surface area contributed by atoms with Crippen molar-refractivity contribution in [2.45, 2.75) is 31.4 Å². The average Bonchev–Trinajstić information content (AvgIpc) is 2.86. The van der Waals surface area contributed by atoms with Crippen molar-refractivity contribution in [2.75, 3.05) is 20.1 Å². The molecule has 80 valence electrons. The van der Waals surface area contributed by atoms with Crippen LogP contribution in [0.4, 0.5) is 0 Å². The zero-order valence-electron chi connectivity index (χ0n) is 8.57. The first-order valence-corrected chi connectivity index (χ1v) is 5.33. The molecule has 2 atom stereocenters. The fraction of sp³-hybridized carbons (Fsp3) is 0.900. The van der Waals surface area contributed by atoms with Gasteiger partial charge in [-0.15, -0.1) is 0 Å². The lowest BCUT2D eigenvalue weighted by Gasteiger charge is -2.26. The highest BCUT2D eigenvalue weighted by Gasteiger charge is 2.33. The van der Waals surface area contributed by atoms with Gasteiger partial charge >= 0.3 is 0 Å². The zero-order chi connectivity index (χ0) is 10.1. The Morgan fingerprint density at radius 1 is 1.50 bits per heavy atom. The summed E-state index contributed by atoms with van der Waals surface area (Å²) in [7, 11) is 1.80. The van der Waals surface area contributed by atoms with E-state index in [0.29, 0.717) is 25.4 Å². The molecule has 0 unspecified atom stereocenters. The molecule has 1 saturated heterocycles. The van der Waals surface area contributed by atoms with Gasteiger partial charge in [0, 0.05) is 26.6 Å². The molecule has 0 aromatic rings. The van der Waals surface area contributed by atoms with Gasteiger partial charge in [-0.3, -0.25) is 4.79 Å². The second-order valence-electron chi connectivity index (χ2n) is 4.45. The van der Waals surface area contributed by atoms with Crippen LogP contribution in [0.2, 0.25) is 0 Å². The Labute approximate surface area is 84.3 Å². The van der Waals surface area contributed by atoms with Crippen LogP contribution in [0.5, 0.6) is 0 Å². The molecule has 4 nitrogen and oxygen atoms in total. The third kappa shape index (κ3) is 2.07. The molecular formula is C10H18N2O2. The van der Waals surface area contributed by atoms with Gasteiger partial charge in [0.2, 0.25) is 5.91 Å². The Kier molecular flexibility index (Phi) is 2.74. The maximum Gasteiger partial charge on any atom is 0.222 e. The molecule has 1 saturated carbocycles. The lowest BCUT2D eigenvalue weighted by atomic mass is 10.1. The summed E-state index contributed by atoms with van der Waals surface area (Å²) in [5.74, 6) is 0.803. The van der Waals surface area contributed by atoms with Gasteiger partial charge < -0.3 is 15.3 Å². The number of aliphatic hydroxyl groups excluding tert-OH is 1. The molecule has 4 heteroatoms. The molecule has 0 radical (unpaired) electrons. The second-order valence-corrected chi connectivity index (χ2v) is 4.45. The Balaban J connectivity index is 1.85. The summed E-state index contributed by atoms with van der Waals surface area (Å²) in [6.45, 7) is 1.32. The molecule has 0 aromatic heterocycles. The smallest absolute Gasteiger partial charge is 0.222 e. The highest BCUT2D eigenvalue weighted by molar-refractivity contribution is 5.77. The number of likely N-dealkylation sites (N-methyl/N-ethyl adjacent to an activating group) is 1. The summed E-state index contributed by atoms with van der Waals surface area (Å²) in [6.07, 6.45) is 2.67. The zero-order valence-corrected chi connectivity index (χ0v) is 8.57. The van der Waals surface area contributed by atoms with E-state index in [0.717, 1.165) is 0 Å². The average molecular weight is 198 g/mol. The first kappa shape index (κ1) is 9.93. The minimum atomic E-state index is -0.400. The lowest BCUT2D eigenvalue weighted by Crippen LogP contribution is -2.44. The highest BCUT2D eigenvalue weighted by atomic mass is 16.3. The molecule has 2 aliphatic rings. The Hall–Kier alpha value is -0.610. The van der Waals surface area contributed by atoms with E-state index >= 15 is 0 Å². The summed E-state index contributed by atoms with van der Waals surface area (Å²) in [5, 5.41) is 12.7. The fourth-order valence-electron chi connectivity index (χ4n) is 1.94. The second kappa shape index (κ2) is 3.87. The van der Waals surface area contributed by atoms with Gasteiger partial charge in [0.15, 0.2) is 0 Å². The molecule has 1 aliphatic heterocycles. The topological polar surface area (TPSA) is 52.6 Å². The van der Waals surface area contributed by atoms with Crippen molar-refractivity contribution in [3.8, 4) is 0 Å². The van der Waals surface area contributed by atoms with E-state index in [2.05, 4.69) is 5.32 Å². The number of carbonyl (C=O) groups excluding carboxylic acids is 1. The quantitative estimate of drug-likeness (QED) is 0.647. The number of β-amino-alcohol motifs (C(OH)–C–C–N with tert-alkyl or cyclic N) is 1. The monoisotopic (exact) mass is 198 g/mol. The third-order valence-corrected chi connectivity index (χ3v) is 3.20. The van der Waals surface area contributed by atoms with Crippen LogP contribution < -0.4 is 5.32 Å². The number of nitrogens with zero attached hydrogens (tertiary/aromatic N) is 1. The van der Waals surface area contributed by atoms with Crippen LogP contribution >= 0.6 is 0 Å². The number of carbonyl (C=O) groups is 1. The van der Waals surface area contributed by atoms with Gasteiger partial charge in [-0.05, 0) is 18.8 Å². The van der Waals surface area contributed by atoms with Crippen LogP contribution in [-0.2, 0) is 4.79 Å². The molecule has 1 amide bonds. The van der Waals surface area contributed by atoms with Crippen molar-refractivity contribution in [3.05, 3.63) is 0 Å². The summed E-state index contributed by atoms with van der Waals surface area (Å²) in [4.78, 5) is 13.4. The Bertz CT molecular complexity index is 228. The highest BCUT2D eigenvalue weighted by Crippen LogP contribution is 2.33. The molecule has 2 N–H and O–H groups in total. The van der Waals surface area contributed by atoms with Crippen molar-refractivity contribution < 1.29 is 9.90 Å². The molecule has 0 aromatic carbocycles. The van der Waals surface area contributed by atoms with E-state index < -0.39 is 6.10 Å². The minimum Gasteiger partial charge on any atom is -0.390 e. The van der Waals surface area contributed by atoms with Gasteiger partial charge in [-0.1, -0.05) is 0 Å². The van der Waals surface area contributed by atoms with Gasteiger partial charge in [0.1, 0.15) is 0 Å². The summed E-state index contributed by atoms with van der Waals surface area (Å²) >= 11 is 0. The van der Waals surface area contributed by atoms with Gasteiger partial charge in [-0.2, -0.15) is 0 Å². The molecule has 0 spiro atoms. The Morgan fingerprint density at radius 2 is 2.21 bits per heavy atom. The van der Waals surface area contributed by atoms with E-state index in [1.807, 2.05) is 0 Å². The van der Waals surface area contributed by atoms with Crippen LogP contribution in [-0.4, -0.2) is 48.2 Å². The van der Waals surface area contributed by atoms with Crippen molar-refractivity contribution >= 4 is 5.91 Å². The summed E-state index contributed by atoms with van der Waals surface area (Å²) in [5.41, 5.74) is 0. The van der Waals surface area contributed by atoms with Crippen LogP contribution in [0.1, 0.15) is 19.3 Å². The van der Waals surface area contributed by atoms with Crippen molar-refractivity contribution in [1.29, 1.82) is 0 Å².